The van der Waals surface area contributed by atoms with Gasteiger partial charge in [-0.05, 0) is 48.6 Å². The Balaban J connectivity index is 2.42. The highest BCUT2D eigenvalue weighted by Gasteiger charge is 2.18. The van der Waals surface area contributed by atoms with Crippen molar-refractivity contribution >= 4 is 0 Å². The molecule has 0 spiro atoms. The molecule has 0 atom stereocenters. The number of phenolic OH excluding ortho intramolecular Hbond substituents is 1. The number of hydrogen-bond acceptors (Lipinski definition) is 2. The number of phenols is 1. The summed E-state index contributed by atoms with van der Waals surface area (Å²) in [7, 11) is 0. The largest absolute Gasteiger partial charge is 0.507 e. The van der Waals surface area contributed by atoms with E-state index < -0.39 is 0 Å². The minimum Gasteiger partial charge on any atom is -0.507 e. The summed E-state index contributed by atoms with van der Waals surface area (Å²) in [5, 5.41) is 10.0. The van der Waals surface area contributed by atoms with Gasteiger partial charge in [0.15, 0.2) is 0 Å². The van der Waals surface area contributed by atoms with Crippen molar-refractivity contribution in [3.8, 4) is 17.1 Å². The van der Waals surface area contributed by atoms with Crippen molar-refractivity contribution < 1.29 is 13.9 Å². The average molecular weight is 262 g/mol. The molecule has 2 aromatic rings. The third-order valence-electron chi connectivity index (χ3n) is 2.89. The van der Waals surface area contributed by atoms with Gasteiger partial charge in [0, 0.05) is 0 Å². The molecule has 0 amide bonds. The summed E-state index contributed by atoms with van der Waals surface area (Å²) < 4.78 is 19.5. The zero-order chi connectivity index (χ0) is 14.2. The Morgan fingerprint density at radius 3 is 2.42 bits per heavy atom. The van der Waals surface area contributed by atoms with Crippen LogP contribution in [0.25, 0.3) is 11.3 Å². The van der Waals surface area contributed by atoms with E-state index in [1.807, 2.05) is 27.7 Å². The Morgan fingerprint density at radius 1 is 1.21 bits per heavy atom. The molecule has 19 heavy (non-hydrogen) atoms. The molecule has 0 aliphatic heterocycles. The quantitative estimate of drug-likeness (QED) is 0.851. The number of rotatable bonds is 2. The summed E-state index contributed by atoms with van der Waals surface area (Å²) in [5.74, 6) is 0.955. The molecule has 2 nitrogen and oxygen atoms in total. The summed E-state index contributed by atoms with van der Waals surface area (Å²) >= 11 is 0. The van der Waals surface area contributed by atoms with Gasteiger partial charge in [0.1, 0.15) is 23.1 Å². The minimum absolute atomic E-state index is 0.0317. The molecule has 0 aliphatic carbocycles. The second-order valence-electron chi connectivity index (χ2n) is 6.11. The zero-order valence-electron chi connectivity index (χ0n) is 11.7. The third kappa shape index (κ3) is 3.16. The van der Waals surface area contributed by atoms with Gasteiger partial charge in [-0.15, -0.1) is 0 Å². The molecule has 0 radical (unpaired) electrons. The van der Waals surface area contributed by atoms with Crippen LogP contribution in [0.5, 0.6) is 5.75 Å². The van der Waals surface area contributed by atoms with Crippen LogP contribution in [0.4, 0.5) is 4.39 Å². The molecule has 1 N–H and O–H groups in total. The fraction of sp³-hybridized carbons (Fsp3) is 0.375. The second kappa shape index (κ2) is 4.72. The van der Waals surface area contributed by atoms with Gasteiger partial charge in [-0.25, -0.2) is 4.39 Å². The summed E-state index contributed by atoms with van der Waals surface area (Å²) in [5.41, 5.74) is 0.885. The Bertz CT molecular complexity index is 591. The molecule has 0 fully saturated rings. The number of halogens is 1. The van der Waals surface area contributed by atoms with Gasteiger partial charge >= 0.3 is 0 Å². The molecule has 0 unspecified atom stereocenters. The van der Waals surface area contributed by atoms with Gasteiger partial charge in [0.05, 0.1) is 5.56 Å². The lowest BCUT2D eigenvalue weighted by Gasteiger charge is -2.19. The van der Waals surface area contributed by atoms with Crippen LogP contribution in [0.1, 0.15) is 32.1 Å². The molecule has 102 valence electrons. The molecular weight excluding hydrogens is 243 g/mol. The van der Waals surface area contributed by atoms with Gasteiger partial charge < -0.3 is 9.52 Å². The first kappa shape index (κ1) is 13.7. The number of furan rings is 1. The lowest BCUT2D eigenvalue weighted by atomic mass is 9.87. The predicted molar refractivity (Wildman–Crippen MR) is 73.7 cm³/mol. The lowest BCUT2D eigenvalue weighted by molar-refractivity contribution is 0.399. The Kier molecular flexibility index (Phi) is 3.40. The third-order valence-corrected chi connectivity index (χ3v) is 2.89. The normalized spacial score (nSPS) is 11.8. The van der Waals surface area contributed by atoms with Crippen molar-refractivity contribution in [2.75, 3.05) is 0 Å². The van der Waals surface area contributed by atoms with Crippen molar-refractivity contribution in [2.45, 2.75) is 34.1 Å². The van der Waals surface area contributed by atoms with Gasteiger partial charge in [-0.1, -0.05) is 20.8 Å². The molecule has 0 aliphatic rings. The summed E-state index contributed by atoms with van der Waals surface area (Å²) in [6.45, 7) is 7.92. The molecule has 0 bridgehead atoms. The van der Waals surface area contributed by atoms with Crippen molar-refractivity contribution in [3.05, 3.63) is 41.4 Å². The maximum Gasteiger partial charge on any atom is 0.138 e. The first-order valence-electron chi connectivity index (χ1n) is 6.34. The second-order valence-corrected chi connectivity index (χ2v) is 6.11. The van der Waals surface area contributed by atoms with Crippen LogP contribution < -0.4 is 0 Å². The van der Waals surface area contributed by atoms with Gasteiger partial charge in [0.2, 0.25) is 0 Å². The lowest BCUT2D eigenvalue weighted by Crippen LogP contribution is -2.10. The Morgan fingerprint density at radius 2 is 1.89 bits per heavy atom. The zero-order valence-corrected chi connectivity index (χ0v) is 11.7. The highest BCUT2D eigenvalue weighted by molar-refractivity contribution is 5.66. The number of hydrogen-bond donors (Lipinski definition) is 1. The first-order chi connectivity index (χ1) is 8.76. The molecule has 0 saturated heterocycles. The Hall–Kier alpha value is -1.77. The molecule has 0 saturated carbocycles. The van der Waals surface area contributed by atoms with E-state index in [9.17, 15) is 9.50 Å². The van der Waals surface area contributed by atoms with Crippen LogP contribution in [-0.2, 0) is 6.42 Å². The van der Waals surface area contributed by atoms with E-state index >= 15 is 0 Å². The number of benzene rings is 1. The fourth-order valence-electron chi connectivity index (χ4n) is 2.09. The van der Waals surface area contributed by atoms with Gasteiger partial charge in [0.25, 0.3) is 0 Å². The van der Waals surface area contributed by atoms with Gasteiger partial charge in [-0.2, -0.15) is 0 Å². The highest BCUT2D eigenvalue weighted by Crippen LogP contribution is 2.34. The van der Waals surface area contributed by atoms with Crippen molar-refractivity contribution in [3.63, 3.8) is 0 Å². The van der Waals surface area contributed by atoms with Crippen LogP contribution in [0.2, 0.25) is 0 Å². The van der Waals surface area contributed by atoms with E-state index in [2.05, 4.69) is 0 Å². The predicted octanol–water partition coefficient (Wildman–Crippen LogP) is 4.69. The molecule has 1 heterocycles. The Labute approximate surface area is 112 Å². The average Bonchev–Trinajstić information content (AvgIpc) is 2.67. The van der Waals surface area contributed by atoms with Crippen LogP contribution in [0, 0.1) is 18.2 Å². The van der Waals surface area contributed by atoms with Crippen LogP contribution >= 0.6 is 0 Å². The minimum atomic E-state index is -0.309. The summed E-state index contributed by atoms with van der Waals surface area (Å²) in [4.78, 5) is 0. The standard InChI is InChI=1S/C16H19FO2/c1-10-5-6-15(19-10)12-8-13(17)11(7-14(12)18)9-16(2,3)4/h5-8,18H,9H2,1-4H3. The van der Waals surface area contributed by atoms with Gasteiger partial charge in [-0.3, -0.25) is 0 Å². The van der Waals surface area contributed by atoms with E-state index in [1.54, 1.807) is 12.1 Å². The van der Waals surface area contributed by atoms with Crippen LogP contribution in [0.3, 0.4) is 0 Å². The van der Waals surface area contributed by atoms with E-state index in [1.165, 1.54) is 12.1 Å². The fourth-order valence-corrected chi connectivity index (χ4v) is 2.09. The van der Waals surface area contributed by atoms with E-state index in [0.717, 1.165) is 5.76 Å². The molecular formula is C16H19FO2. The first-order valence-corrected chi connectivity index (χ1v) is 6.34. The van der Waals surface area contributed by atoms with E-state index in [-0.39, 0.29) is 17.0 Å². The molecule has 2 rings (SSSR count). The maximum atomic E-state index is 14.1. The smallest absolute Gasteiger partial charge is 0.138 e. The van der Waals surface area contributed by atoms with Crippen LogP contribution in [-0.4, -0.2) is 5.11 Å². The van der Waals surface area contributed by atoms with E-state index in [4.69, 9.17) is 4.42 Å². The monoisotopic (exact) mass is 262 g/mol. The SMILES string of the molecule is Cc1ccc(-c2cc(F)c(CC(C)(C)C)cc2O)o1. The highest BCUT2D eigenvalue weighted by atomic mass is 19.1. The molecule has 1 aromatic carbocycles. The number of aromatic hydroxyl groups is 1. The maximum absolute atomic E-state index is 14.1. The van der Waals surface area contributed by atoms with Crippen molar-refractivity contribution in [1.82, 2.24) is 0 Å². The van der Waals surface area contributed by atoms with Crippen molar-refractivity contribution in [1.29, 1.82) is 0 Å². The van der Waals surface area contributed by atoms with Crippen molar-refractivity contribution in [2.24, 2.45) is 5.41 Å². The van der Waals surface area contributed by atoms with E-state index in [0.29, 0.717) is 23.3 Å². The molecule has 1 aromatic heterocycles. The summed E-state index contributed by atoms with van der Waals surface area (Å²) in [6.07, 6.45) is 0.573. The topological polar surface area (TPSA) is 33.4 Å². The number of aryl methyl sites for hydroxylation is 1. The summed E-state index contributed by atoms with van der Waals surface area (Å²) in [6, 6.07) is 6.35. The van der Waals surface area contributed by atoms with Crippen LogP contribution in [0.15, 0.2) is 28.7 Å². The molecule has 3 heteroatoms.